The maximum atomic E-state index is 2.39. The van der Waals surface area contributed by atoms with Crippen molar-refractivity contribution < 1.29 is 0 Å². The van der Waals surface area contributed by atoms with E-state index in [1.165, 1.54) is 47.9 Å². The van der Waals surface area contributed by atoms with Crippen LogP contribution in [0.15, 0.2) is 60.7 Å². The minimum Gasteiger partial charge on any atom is -0.0914 e. The van der Waals surface area contributed by atoms with Gasteiger partial charge in [-0.1, -0.05) is 73.7 Å². The second-order valence-electron chi connectivity index (χ2n) is 6.63. The number of rotatable bonds is 3. The summed E-state index contributed by atoms with van der Waals surface area (Å²) in [6, 6.07) is 18.1. The van der Waals surface area contributed by atoms with Crippen molar-refractivity contribution in [1.29, 1.82) is 0 Å². The molecule has 3 rings (SSSR count). The van der Waals surface area contributed by atoms with Crippen LogP contribution in [0.5, 0.6) is 0 Å². The number of allylic oxidation sites excluding steroid dienone is 2. The Balaban J connectivity index is 0.00000192. The van der Waals surface area contributed by atoms with Crippen molar-refractivity contribution in [3.63, 3.8) is 0 Å². The predicted octanol–water partition coefficient (Wildman–Crippen LogP) is 7.15. The minimum atomic E-state index is 0. The van der Waals surface area contributed by atoms with Crippen LogP contribution in [-0.4, -0.2) is 0 Å². The highest BCUT2D eigenvalue weighted by molar-refractivity contribution is 5.64. The Kier molecular flexibility index (Phi) is 6.21. The van der Waals surface area contributed by atoms with Gasteiger partial charge in [-0.25, -0.2) is 0 Å². The number of hydrogen-bond acceptors (Lipinski definition) is 0. The average Bonchev–Trinajstić information content (AvgIpc) is 2.57. The second kappa shape index (κ2) is 8.15. The van der Waals surface area contributed by atoms with E-state index in [0.29, 0.717) is 0 Å². The average molecular weight is 306 g/mol. The van der Waals surface area contributed by atoms with Crippen molar-refractivity contribution in [2.75, 3.05) is 0 Å². The van der Waals surface area contributed by atoms with Crippen LogP contribution in [0.25, 0.3) is 11.1 Å². The molecule has 2 aromatic carbocycles. The van der Waals surface area contributed by atoms with Gasteiger partial charge < -0.3 is 0 Å². The van der Waals surface area contributed by atoms with Gasteiger partial charge in [0.2, 0.25) is 0 Å². The first kappa shape index (κ1) is 17.5. The van der Waals surface area contributed by atoms with Gasteiger partial charge in [0.05, 0.1) is 0 Å². The summed E-state index contributed by atoms with van der Waals surface area (Å²) in [7, 11) is 0. The van der Waals surface area contributed by atoms with Gasteiger partial charge in [0.15, 0.2) is 0 Å². The molecule has 23 heavy (non-hydrogen) atoms. The highest BCUT2D eigenvalue weighted by atomic mass is 14.3. The zero-order chi connectivity index (χ0) is 15.4. The molecule has 0 heteroatoms. The normalized spacial score (nSPS) is 21.1. The molecule has 0 radical (unpaired) electrons. The molecule has 0 heterocycles. The van der Waals surface area contributed by atoms with E-state index in [-0.39, 0.29) is 7.43 Å². The molecule has 0 saturated heterocycles. The molecule has 0 nitrogen and oxygen atoms in total. The van der Waals surface area contributed by atoms with Crippen molar-refractivity contribution >= 4 is 0 Å². The molecule has 122 valence electrons. The van der Waals surface area contributed by atoms with Gasteiger partial charge in [-0.05, 0) is 68.1 Å². The fourth-order valence-electron chi connectivity index (χ4n) is 3.61. The molecule has 1 saturated carbocycles. The molecule has 0 aliphatic heterocycles. The van der Waals surface area contributed by atoms with E-state index in [4.69, 9.17) is 0 Å². The standard InChI is InChI=1S/C22H26.CH4/c1-3-4-18-7-11-20(12-8-18)22-15-13-21(14-16-22)19-9-5-17(2)6-10-19;/h3-6,9-10,13-16,18,20H,7-8,11-12H2,1-2H3;1H4. The van der Waals surface area contributed by atoms with Crippen LogP contribution >= 0.6 is 0 Å². The Morgan fingerprint density at radius 1 is 0.783 bits per heavy atom. The number of benzene rings is 2. The first-order valence-electron chi connectivity index (χ1n) is 8.56. The fraction of sp³-hybridized carbons (Fsp3) is 0.391. The van der Waals surface area contributed by atoms with E-state index in [1.807, 2.05) is 0 Å². The number of aryl methyl sites for hydroxylation is 1. The molecule has 0 bridgehead atoms. The van der Waals surface area contributed by atoms with Crippen LogP contribution < -0.4 is 0 Å². The lowest BCUT2D eigenvalue weighted by Gasteiger charge is -2.27. The molecule has 1 aliphatic rings. The first-order chi connectivity index (χ1) is 10.8. The molecule has 0 amide bonds. The SMILES string of the molecule is C.CC=CC1CCC(c2ccc(-c3ccc(C)cc3)cc2)CC1. The van der Waals surface area contributed by atoms with Gasteiger partial charge in [-0.3, -0.25) is 0 Å². The summed E-state index contributed by atoms with van der Waals surface area (Å²) in [6.45, 7) is 4.27. The van der Waals surface area contributed by atoms with Crippen LogP contribution in [0.1, 0.15) is 57.1 Å². The summed E-state index contributed by atoms with van der Waals surface area (Å²) < 4.78 is 0. The van der Waals surface area contributed by atoms with Crippen LogP contribution in [0.4, 0.5) is 0 Å². The van der Waals surface area contributed by atoms with E-state index < -0.39 is 0 Å². The first-order valence-corrected chi connectivity index (χ1v) is 8.56. The van der Waals surface area contributed by atoms with Crippen molar-refractivity contribution in [1.82, 2.24) is 0 Å². The van der Waals surface area contributed by atoms with E-state index >= 15 is 0 Å². The van der Waals surface area contributed by atoms with Crippen molar-refractivity contribution in [2.24, 2.45) is 5.92 Å². The van der Waals surface area contributed by atoms with Crippen molar-refractivity contribution in [2.45, 2.75) is 52.9 Å². The minimum absolute atomic E-state index is 0. The lowest BCUT2D eigenvalue weighted by Crippen LogP contribution is -2.11. The molecule has 1 fully saturated rings. The lowest BCUT2D eigenvalue weighted by atomic mass is 9.78. The number of hydrogen-bond donors (Lipinski definition) is 0. The monoisotopic (exact) mass is 306 g/mol. The smallest absolute Gasteiger partial charge is 0.0162 e. The van der Waals surface area contributed by atoms with Gasteiger partial charge in [0.1, 0.15) is 0 Å². The highest BCUT2D eigenvalue weighted by Gasteiger charge is 2.20. The highest BCUT2D eigenvalue weighted by Crippen LogP contribution is 2.36. The lowest BCUT2D eigenvalue weighted by molar-refractivity contribution is 0.376. The maximum absolute atomic E-state index is 2.39. The van der Waals surface area contributed by atoms with Crippen LogP contribution in [-0.2, 0) is 0 Å². The quantitative estimate of drug-likeness (QED) is 0.528. The van der Waals surface area contributed by atoms with Crippen molar-refractivity contribution in [3.05, 3.63) is 71.8 Å². The third-order valence-electron chi connectivity index (χ3n) is 5.00. The predicted molar refractivity (Wildman–Crippen MR) is 103 cm³/mol. The van der Waals surface area contributed by atoms with Gasteiger partial charge >= 0.3 is 0 Å². The van der Waals surface area contributed by atoms with Gasteiger partial charge in [-0.15, -0.1) is 0 Å². The van der Waals surface area contributed by atoms with Crippen molar-refractivity contribution in [3.8, 4) is 11.1 Å². The third-order valence-corrected chi connectivity index (χ3v) is 5.00. The molecule has 0 aromatic heterocycles. The molecule has 1 aliphatic carbocycles. The summed E-state index contributed by atoms with van der Waals surface area (Å²) in [4.78, 5) is 0. The summed E-state index contributed by atoms with van der Waals surface area (Å²) in [5.41, 5.74) is 5.48. The van der Waals surface area contributed by atoms with E-state index in [9.17, 15) is 0 Å². The largest absolute Gasteiger partial charge is 0.0914 e. The Hall–Kier alpha value is -1.82. The van der Waals surface area contributed by atoms with Crippen LogP contribution in [0.3, 0.4) is 0 Å². The molecule has 0 unspecified atom stereocenters. The molecule has 2 aromatic rings. The van der Waals surface area contributed by atoms with Gasteiger partial charge in [-0.2, -0.15) is 0 Å². The summed E-state index contributed by atoms with van der Waals surface area (Å²) in [5.74, 6) is 1.57. The topological polar surface area (TPSA) is 0 Å². The zero-order valence-electron chi connectivity index (χ0n) is 13.8. The molecular formula is C23H30. The fourth-order valence-corrected chi connectivity index (χ4v) is 3.61. The van der Waals surface area contributed by atoms with E-state index in [0.717, 1.165) is 11.8 Å². The Bertz CT molecular complexity index is 608. The summed E-state index contributed by atoms with van der Waals surface area (Å²) in [6.07, 6.45) is 9.94. The second-order valence-corrected chi connectivity index (χ2v) is 6.63. The molecule has 0 spiro atoms. The zero-order valence-corrected chi connectivity index (χ0v) is 13.8. The summed E-state index contributed by atoms with van der Waals surface area (Å²) in [5, 5.41) is 0. The van der Waals surface area contributed by atoms with Crippen LogP contribution in [0, 0.1) is 12.8 Å². The van der Waals surface area contributed by atoms with Gasteiger partial charge in [0, 0.05) is 0 Å². The van der Waals surface area contributed by atoms with E-state index in [2.05, 4.69) is 74.5 Å². The van der Waals surface area contributed by atoms with E-state index in [1.54, 1.807) is 0 Å². The Morgan fingerprint density at radius 2 is 1.30 bits per heavy atom. The maximum Gasteiger partial charge on any atom is -0.0162 e. The molecule has 0 atom stereocenters. The van der Waals surface area contributed by atoms with Crippen LogP contribution in [0.2, 0.25) is 0 Å². The third kappa shape index (κ3) is 4.34. The Morgan fingerprint density at radius 3 is 1.83 bits per heavy atom. The summed E-state index contributed by atoms with van der Waals surface area (Å²) >= 11 is 0. The Labute approximate surface area is 142 Å². The molecular weight excluding hydrogens is 276 g/mol. The van der Waals surface area contributed by atoms with Gasteiger partial charge in [0.25, 0.3) is 0 Å². The molecule has 0 N–H and O–H groups in total.